The Bertz CT molecular complexity index is 3390. The number of rotatable bonds is 36. The lowest BCUT2D eigenvalue weighted by Gasteiger charge is -2.53. The minimum absolute atomic E-state index is 0.880. The Hall–Kier alpha value is -2.72. The highest BCUT2D eigenvalue weighted by atomic mass is 31.2. The molecule has 0 unspecified atom stereocenters. The summed E-state index contributed by atoms with van der Waals surface area (Å²) in [4.78, 5) is 69.0. The molecule has 9 rings (SSSR count). The van der Waals surface area contributed by atoms with E-state index < -0.39 is 393 Å². The van der Waals surface area contributed by atoms with E-state index in [2.05, 4.69) is 0 Å². The Morgan fingerprint density at radius 3 is 1.36 bits per heavy atom. The van der Waals surface area contributed by atoms with Crippen molar-refractivity contribution < 1.29 is 276 Å². The molecule has 0 radical (unpaired) electrons. The molecule has 0 amide bonds. The number of phosphoric ester groups is 2. The summed E-state index contributed by atoms with van der Waals surface area (Å²) in [5.41, 5.74) is 17.7. The average Bonchev–Trinajstić information content (AvgIpc) is 0.738. The van der Waals surface area contributed by atoms with Gasteiger partial charge >= 0.3 is 27.6 Å². The SMILES string of the molecule is N[C@@H]1[C@@H](O)[C@H](O)[C@@H](CO[C@@H]2O[C@H](CO[C@]3(C(=O)O)C[C@@H](O[C@]4(C(=O)O)C[C@@H](O)[C@@H](O)[C@@H]([C@H](O)CO)O4)[C@@H](O[C@H]4O[C@H]([C@@H](O)CO)[C@@H](OP(=O)(O)O)[C@H](O[C@H]5O[C@H]([C@@H](O)CO[C@H]6O[C@H]([C@@H](O)CO[C@H]7O[C@H](CO)[C@@H](O)[C@H](O)[C@H]7N)[C@@H](O)[C@H](O)[C@@H]6O)[C@@H](O)[C@H](O[C@H]6O[C@H](CO)[C@@H](O)[C@H](O)[C@H]6O)[C@@H]5O)[C@@H]4O)[C@@H]([C@H](O)CO)O3)[C@@H](OP(=O)(O)O)[C@H](O)[C@H]2N)O[C@@H]1O. The second kappa shape index (κ2) is 42.7. The molecule has 0 bridgehead atoms. The quantitative estimate of drug-likeness (QED) is 0.0259. The maximum atomic E-state index is 14.1. The molecule has 61 heteroatoms. The number of phosphoric acid groups is 2. The van der Waals surface area contributed by atoms with Crippen LogP contribution in [0.3, 0.4) is 0 Å². The van der Waals surface area contributed by atoms with Gasteiger partial charge in [0.25, 0.3) is 11.6 Å². The van der Waals surface area contributed by atoms with E-state index in [9.17, 15) is 186 Å². The van der Waals surface area contributed by atoms with E-state index in [1.54, 1.807) is 0 Å². The normalized spacial score (nSPS) is 47.7. The Kier molecular flexibility index (Phi) is 36.0. The van der Waals surface area contributed by atoms with Gasteiger partial charge in [-0.25, -0.2) is 18.7 Å². The van der Waals surface area contributed by atoms with E-state index in [-0.39, 0.29) is 0 Å². The first-order chi connectivity index (χ1) is 56.9. The number of aliphatic hydroxyl groups is 27. The molecule has 9 heterocycles. The van der Waals surface area contributed by atoms with Crippen LogP contribution in [-0.2, 0) is 108 Å². The zero-order chi connectivity index (χ0) is 90.9. The molecule has 48 atom stereocenters. The summed E-state index contributed by atoms with van der Waals surface area (Å²) in [6.45, 7) is -11.8. The topological polar surface area (TPSA) is 989 Å². The third-order valence-corrected chi connectivity index (χ3v) is 22.7. The van der Waals surface area contributed by atoms with Crippen molar-refractivity contribution in [3.05, 3.63) is 0 Å². The lowest BCUT2D eigenvalue weighted by atomic mass is 9.89. The summed E-state index contributed by atoms with van der Waals surface area (Å²) < 4.78 is 132. The molecule has 0 aromatic carbocycles. The summed E-state index contributed by atoms with van der Waals surface area (Å²) in [6.07, 6.45) is -107. The van der Waals surface area contributed by atoms with Crippen LogP contribution in [0.15, 0.2) is 0 Å². The van der Waals surface area contributed by atoms with Crippen LogP contribution >= 0.6 is 15.6 Å². The lowest BCUT2D eigenvalue weighted by Crippen LogP contribution is -2.71. The fourth-order valence-corrected chi connectivity index (χ4v) is 16.0. The largest absolute Gasteiger partial charge is 0.477 e. The molecule has 0 aromatic heterocycles. The van der Waals surface area contributed by atoms with Gasteiger partial charge in [0, 0.05) is 12.8 Å². The van der Waals surface area contributed by atoms with Gasteiger partial charge in [0.2, 0.25) is 0 Å². The predicted molar refractivity (Wildman–Crippen MR) is 365 cm³/mol. The highest BCUT2D eigenvalue weighted by molar-refractivity contribution is 7.46. The molecule has 59 nitrogen and oxygen atoms in total. The maximum absolute atomic E-state index is 14.1. The van der Waals surface area contributed by atoms with Crippen LogP contribution in [0.1, 0.15) is 12.8 Å². The Morgan fingerprint density at radius 2 is 0.795 bits per heavy atom. The van der Waals surface area contributed by atoms with E-state index in [1.165, 1.54) is 0 Å². The number of aliphatic carboxylic acids is 2. The van der Waals surface area contributed by atoms with Gasteiger partial charge in [-0.3, -0.25) is 9.05 Å². The molecule has 9 aliphatic heterocycles. The molecule has 9 fully saturated rings. The van der Waals surface area contributed by atoms with Gasteiger partial charge in [0.05, 0.1) is 89.8 Å². The molecule has 0 aromatic rings. The molecular weight excluding hydrogens is 1730 g/mol. The summed E-state index contributed by atoms with van der Waals surface area (Å²) in [7, 11) is -12.1. The number of carbonyl (C=O) groups is 2. The van der Waals surface area contributed by atoms with Crippen LogP contribution in [0.4, 0.5) is 0 Å². The van der Waals surface area contributed by atoms with Crippen LogP contribution < -0.4 is 17.2 Å². The van der Waals surface area contributed by atoms with Gasteiger partial charge in [-0.1, -0.05) is 0 Å². The van der Waals surface area contributed by atoms with Crippen molar-refractivity contribution in [2.45, 2.75) is 306 Å². The van der Waals surface area contributed by atoms with E-state index in [4.69, 9.17) is 107 Å². The number of aliphatic hydroxyl groups excluding tert-OH is 27. The molecule has 712 valence electrons. The monoisotopic (exact) mass is 1840 g/mol. The molecule has 39 N–H and O–H groups in total. The number of carboxylic acids is 2. The van der Waals surface area contributed by atoms with Crippen LogP contribution in [-0.4, -0.2) is 533 Å². The van der Waals surface area contributed by atoms with Gasteiger partial charge in [-0.15, -0.1) is 0 Å². The minimum Gasteiger partial charge on any atom is -0.477 e. The number of carboxylic acid groups (broad SMARTS) is 2. The first-order valence-corrected chi connectivity index (χ1v) is 40.3. The first-order valence-electron chi connectivity index (χ1n) is 37.2. The molecule has 0 saturated carbocycles. The molecule has 0 aliphatic carbocycles. The number of hydrogen-bond acceptors (Lipinski definition) is 53. The smallest absolute Gasteiger partial charge is 0.470 e. The predicted octanol–water partition coefficient (Wildman–Crippen LogP) is -22.7. The molecular formula is C61H107N3O56P2. The summed E-state index contributed by atoms with van der Waals surface area (Å²) in [5.74, 6) is -12.4. The molecule has 9 aliphatic rings. The van der Waals surface area contributed by atoms with Crippen molar-refractivity contribution in [3.63, 3.8) is 0 Å². The third kappa shape index (κ3) is 22.9. The van der Waals surface area contributed by atoms with Crippen molar-refractivity contribution in [1.29, 1.82) is 0 Å². The van der Waals surface area contributed by atoms with Gasteiger partial charge < -0.3 is 265 Å². The fourth-order valence-electron chi connectivity index (χ4n) is 14.9. The van der Waals surface area contributed by atoms with Crippen molar-refractivity contribution in [3.8, 4) is 0 Å². The molecule has 9 saturated heterocycles. The van der Waals surface area contributed by atoms with Crippen LogP contribution in [0, 0.1) is 0 Å². The van der Waals surface area contributed by atoms with E-state index in [0.717, 1.165) is 0 Å². The fraction of sp³-hybridized carbons (Fsp3) is 0.967. The van der Waals surface area contributed by atoms with Crippen molar-refractivity contribution in [1.82, 2.24) is 0 Å². The van der Waals surface area contributed by atoms with E-state index in [1.807, 2.05) is 0 Å². The van der Waals surface area contributed by atoms with Crippen molar-refractivity contribution in [2.75, 3.05) is 59.5 Å². The van der Waals surface area contributed by atoms with E-state index in [0.29, 0.717) is 0 Å². The highest BCUT2D eigenvalue weighted by Gasteiger charge is 2.66. The second-order valence-corrected chi connectivity index (χ2v) is 32.5. The number of nitrogens with two attached hydrogens (primary N) is 3. The van der Waals surface area contributed by atoms with Gasteiger partial charge in [-0.05, 0) is 0 Å². The summed E-state index contributed by atoms with van der Waals surface area (Å²) >= 11 is 0. The van der Waals surface area contributed by atoms with Gasteiger partial charge in [-0.2, -0.15) is 0 Å². The standard InChI is InChI=1S/C61H107N3O56P2/c62-23-30(80)29(79)21(106-51(23)91)10-104-53-25(64)32(82)46(119-121(96,97)98)22(109-53)11-105-60(58(92)93)2-18(116-61(59(94)95)1-12(70)26(76)43(117-61)13(71)3-65)47(45(118-60)15(73)5-67)113-57-40(90)49(50(120-122(99,100)101)44(112-57)14(72)4-66)115-56-39(89)48(114-55-37(87)33(83)28(78)20(7-69)108-55)38(88)42(111-56)17(75)9-103-54-36(86)34(84)35(85)41(110-54)16(74)8-102-52-24(63)31(81)27(77)19(6-68)107-52/h12-57,65-91H,1-11,62-64H2,(H,92,93)(H,94,95)(H2,96,97,98)(H2,99,100,101)/t12-,13-,14+,15-,16+,17+,18-,19-,20-,21-,22-,23-,24-,25-,26-,27-,28-,29-,30-,31-,32-,33+,34+,35+,36+,37-,38-,39+,40+,41-,42-,43-,44-,45-,46-,47-,48+,49-,50-,51+,52+,53-,54+,55-,56-,57-,60-,61-/m1/s1. The Balaban J connectivity index is 1.09. The van der Waals surface area contributed by atoms with Crippen molar-refractivity contribution in [2.24, 2.45) is 17.2 Å². The molecule has 122 heavy (non-hydrogen) atoms. The molecule has 0 spiro atoms. The van der Waals surface area contributed by atoms with Crippen LogP contribution in [0.5, 0.6) is 0 Å². The van der Waals surface area contributed by atoms with Crippen molar-refractivity contribution >= 4 is 27.6 Å². The van der Waals surface area contributed by atoms with Gasteiger partial charge in [0.1, 0.15) is 208 Å². The first kappa shape index (κ1) is 103. The van der Waals surface area contributed by atoms with Gasteiger partial charge in [0.15, 0.2) is 44.0 Å². The highest BCUT2D eigenvalue weighted by Crippen LogP contribution is 2.48. The lowest BCUT2D eigenvalue weighted by molar-refractivity contribution is -0.408. The second-order valence-electron chi connectivity index (χ2n) is 30.1. The minimum atomic E-state index is -6.25. The van der Waals surface area contributed by atoms with Crippen LogP contribution in [0.2, 0.25) is 0 Å². The summed E-state index contributed by atoms with van der Waals surface area (Å²) in [6, 6.07) is -5.15. The average molecular weight is 1840 g/mol. The third-order valence-electron chi connectivity index (χ3n) is 21.6. The van der Waals surface area contributed by atoms with Crippen LogP contribution in [0.25, 0.3) is 0 Å². The number of ether oxygens (including phenoxy) is 17. The Morgan fingerprint density at radius 1 is 0.369 bits per heavy atom. The Labute approximate surface area is 684 Å². The zero-order valence-corrected chi connectivity index (χ0v) is 64.9. The maximum Gasteiger partial charge on any atom is 0.470 e. The number of hydrogen-bond donors (Lipinski definition) is 36. The zero-order valence-electron chi connectivity index (χ0n) is 63.1. The van der Waals surface area contributed by atoms with E-state index >= 15 is 0 Å². The summed E-state index contributed by atoms with van der Waals surface area (Å²) in [5, 5.41) is 319.